The summed E-state index contributed by atoms with van der Waals surface area (Å²) >= 11 is 0. The maximum atomic E-state index is 6.10. The van der Waals surface area contributed by atoms with Crippen LogP contribution in [0, 0.1) is 5.92 Å². The highest BCUT2D eigenvalue weighted by atomic mass is 16.5. The lowest BCUT2D eigenvalue weighted by Crippen LogP contribution is -2.20. The molecule has 1 fully saturated rings. The van der Waals surface area contributed by atoms with Gasteiger partial charge in [0, 0.05) is 19.6 Å². The van der Waals surface area contributed by atoms with Crippen molar-refractivity contribution in [2.45, 2.75) is 46.1 Å². The van der Waals surface area contributed by atoms with E-state index in [1.807, 2.05) is 6.92 Å². The zero-order valence-electron chi connectivity index (χ0n) is 13.2. The number of hydrogen-bond donors (Lipinski definition) is 2. The molecule has 2 rings (SSSR count). The van der Waals surface area contributed by atoms with Gasteiger partial charge in [0.05, 0.1) is 12.7 Å². The number of rotatable bonds is 7. The van der Waals surface area contributed by atoms with E-state index in [0.29, 0.717) is 36.5 Å². The predicted molar refractivity (Wildman–Crippen MR) is 83.6 cm³/mol. The molecular formula is C15H26N4O2. The molecule has 0 spiro atoms. The molecule has 21 heavy (non-hydrogen) atoms. The van der Waals surface area contributed by atoms with Crippen molar-refractivity contribution in [2.75, 3.05) is 30.8 Å². The Hall–Kier alpha value is -1.56. The molecule has 1 aromatic heterocycles. The molecule has 0 amide bonds. The van der Waals surface area contributed by atoms with Crippen LogP contribution in [0.15, 0.2) is 0 Å². The Morgan fingerprint density at radius 1 is 1.43 bits per heavy atom. The fourth-order valence-corrected chi connectivity index (χ4v) is 2.35. The molecule has 118 valence electrons. The maximum absolute atomic E-state index is 6.10. The summed E-state index contributed by atoms with van der Waals surface area (Å²) < 4.78 is 11.1. The van der Waals surface area contributed by atoms with Gasteiger partial charge in [-0.05, 0) is 25.7 Å². The van der Waals surface area contributed by atoms with Crippen molar-refractivity contribution in [1.29, 1.82) is 0 Å². The summed E-state index contributed by atoms with van der Waals surface area (Å²) in [5, 5.41) is 3.29. The number of hydrogen-bond acceptors (Lipinski definition) is 6. The first-order valence-electron chi connectivity index (χ1n) is 7.74. The van der Waals surface area contributed by atoms with Gasteiger partial charge in [0.2, 0.25) is 5.88 Å². The summed E-state index contributed by atoms with van der Waals surface area (Å²) in [5.74, 6) is 2.36. The van der Waals surface area contributed by atoms with Gasteiger partial charge >= 0.3 is 0 Å². The normalized spacial score (nSPS) is 18.2. The maximum Gasteiger partial charge on any atom is 0.242 e. The van der Waals surface area contributed by atoms with Gasteiger partial charge in [-0.15, -0.1) is 0 Å². The molecule has 0 aromatic carbocycles. The van der Waals surface area contributed by atoms with Crippen molar-refractivity contribution in [1.82, 2.24) is 9.97 Å². The highest BCUT2D eigenvalue weighted by molar-refractivity contribution is 5.67. The van der Waals surface area contributed by atoms with Crippen LogP contribution < -0.4 is 15.8 Å². The second kappa shape index (κ2) is 7.45. The van der Waals surface area contributed by atoms with Gasteiger partial charge in [-0.25, -0.2) is 4.98 Å². The smallest absolute Gasteiger partial charge is 0.242 e. The van der Waals surface area contributed by atoms with Crippen molar-refractivity contribution >= 4 is 11.5 Å². The fourth-order valence-electron chi connectivity index (χ4n) is 2.35. The van der Waals surface area contributed by atoms with Gasteiger partial charge in [-0.1, -0.05) is 13.8 Å². The van der Waals surface area contributed by atoms with Crippen LogP contribution in [-0.2, 0) is 11.2 Å². The molecular weight excluding hydrogens is 268 g/mol. The molecule has 6 heteroatoms. The van der Waals surface area contributed by atoms with Crippen LogP contribution in [0.25, 0.3) is 0 Å². The van der Waals surface area contributed by atoms with Crippen molar-refractivity contribution in [3.8, 4) is 5.88 Å². The summed E-state index contributed by atoms with van der Waals surface area (Å²) in [4.78, 5) is 8.95. The van der Waals surface area contributed by atoms with Crippen LogP contribution in [0.5, 0.6) is 5.88 Å². The summed E-state index contributed by atoms with van der Waals surface area (Å²) in [5.41, 5.74) is 6.57. The van der Waals surface area contributed by atoms with Crippen molar-refractivity contribution in [3.63, 3.8) is 0 Å². The number of aromatic nitrogens is 2. The van der Waals surface area contributed by atoms with Gasteiger partial charge in [0.25, 0.3) is 0 Å². The Morgan fingerprint density at radius 2 is 2.24 bits per heavy atom. The van der Waals surface area contributed by atoms with Crippen molar-refractivity contribution in [3.05, 3.63) is 5.82 Å². The third-order valence-electron chi connectivity index (χ3n) is 3.35. The molecule has 3 N–H and O–H groups in total. The second-order valence-electron chi connectivity index (χ2n) is 5.75. The average Bonchev–Trinajstić information content (AvgIpc) is 2.93. The molecule has 1 saturated heterocycles. The number of anilines is 2. The quantitative estimate of drug-likeness (QED) is 0.802. The van der Waals surface area contributed by atoms with E-state index in [0.717, 1.165) is 31.7 Å². The van der Waals surface area contributed by atoms with Crippen molar-refractivity contribution < 1.29 is 9.47 Å². The highest BCUT2D eigenvalue weighted by Gasteiger charge is 2.18. The highest BCUT2D eigenvalue weighted by Crippen LogP contribution is 2.27. The van der Waals surface area contributed by atoms with Gasteiger partial charge in [0.15, 0.2) is 5.82 Å². The molecule has 0 radical (unpaired) electrons. The largest absolute Gasteiger partial charge is 0.476 e. The van der Waals surface area contributed by atoms with Crippen LogP contribution in [0.4, 0.5) is 11.5 Å². The SMILES string of the molecule is CCOc1nc(CC(C)C)nc(NCC2CCCO2)c1N. The third-order valence-corrected chi connectivity index (χ3v) is 3.35. The Morgan fingerprint density at radius 3 is 2.86 bits per heavy atom. The minimum absolute atomic E-state index is 0.239. The van der Waals surface area contributed by atoms with Gasteiger partial charge in [-0.2, -0.15) is 4.98 Å². The first-order valence-corrected chi connectivity index (χ1v) is 7.74. The van der Waals surface area contributed by atoms with E-state index in [1.165, 1.54) is 0 Å². The average molecular weight is 294 g/mol. The monoisotopic (exact) mass is 294 g/mol. The molecule has 1 unspecified atom stereocenters. The number of nitrogens with two attached hydrogens (primary N) is 1. The molecule has 6 nitrogen and oxygen atoms in total. The Labute approximate surface area is 126 Å². The van der Waals surface area contributed by atoms with Crippen LogP contribution in [0.3, 0.4) is 0 Å². The number of nitrogens with zero attached hydrogens (tertiary/aromatic N) is 2. The van der Waals surface area contributed by atoms with E-state index in [1.54, 1.807) is 0 Å². The molecule has 2 heterocycles. The van der Waals surface area contributed by atoms with Crippen LogP contribution in [-0.4, -0.2) is 35.8 Å². The van der Waals surface area contributed by atoms with Crippen LogP contribution in [0.2, 0.25) is 0 Å². The van der Waals surface area contributed by atoms with Gasteiger partial charge in [0.1, 0.15) is 11.5 Å². The molecule has 1 aliphatic rings. The molecule has 1 aliphatic heterocycles. The van der Waals surface area contributed by atoms with Gasteiger partial charge < -0.3 is 20.5 Å². The van der Waals surface area contributed by atoms with Crippen LogP contribution in [0.1, 0.15) is 39.4 Å². The molecule has 0 saturated carbocycles. The third kappa shape index (κ3) is 4.46. The zero-order chi connectivity index (χ0) is 15.2. The standard InChI is InChI=1S/C15H26N4O2/c1-4-20-15-13(16)14(17-9-11-6-5-7-21-11)18-12(19-15)8-10(2)3/h10-11H,4-9,16H2,1-3H3,(H,17,18,19). The predicted octanol–water partition coefficient (Wildman–Crippen LogP) is 2.25. The Bertz CT molecular complexity index is 459. The number of ether oxygens (including phenoxy) is 2. The second-order valence-corrected chi connectivity index (χ2v) is 5.75. The molecule has 1 atom stereocenters. The summed E-state index contributed by atoms with van der Waals surface area (Å²) in [7, 11) is 0. The van der Waals surface area contributed by atoms with Crippen molar-refractivity contribution in [2.24, 2.45) is 5.92 Å². The molecule has 1 aromatic rings. The number of nitrogen functional groups attached to an aromatic ring is 1. The summed E-state index contributed by atoms with van der Waals surface area (Å²) in [6.07, 6.45) is 3.24. The minimum Gasteiger partial charge on any atom is -0.476 e. The summed E-state index contributed by atoms with van der Waals surface area (Å²) in [6.45, 7) is 8.29. The number of nitrogens with one attached hydrogen (secondary N) is 1. The minimum atomic E-state index is 0.239. The Kier molecular flexibility index (Phi) is 5.61. The lowest BCUT2D eigenvalue weighted by Gasteiger charge is -2.16. The lowest BCUT2D eigenvalue weighted by atomic mass is 10.1. The van der Waals surface area contributed by atoms with E-state index in [-0.39, 0.29) is 6.10 Å². The first-order chi connectivity index (χ1) is 10.1. The lowest BCUT2D eigenvalue weighted by molar-refractivity contribution is 0.120. The zero-order valence-corrected chi connectivity index (χ0v) is 13.2. The van der Waals surface area contributed by atoms with Crippen LogP contribution >= 0.6 is 0 Å². The Balaban J connectivity index is 2.13. The van der Waals surface area contributed by atoms with E-state index in [9.17, 15) is 0 Å². The topological polar surface area (TPSA) is 82.3 Å². The van der Waals surface area contributed by atoms with E-state index in [4.69, 9.17) is 15.2 Å². The van der Waals surface area contributed by atoms with E-state index < -0.39 is 0 Å². The van der Waals surface area contributed by atoms with E-state index >= 15 is 0 Å². The molecule has 0 aliphatic carbocycles. The van der Waals surface area contributed by atoms with Gasteiger partial charge in [-0.3, -0.25) is 0 Å². The fraction of sp³-hybridized carbons (Fsp3) is 0.733. The van der Waals surface area contributed by atoms with E-state index in [2.05, 4.69) is 29.1 Å². The summed E-state index contributed by atoms with van der Waals surface area (Å²) in [6, 6.07) is 0. The first kappa shape index (κ1) is 15.8. The molecule has 0 bridgehead atoms.